The van der Waals surface area contributed by atoms with Crippen molar-refractivity contribution in [1.82, 2.24) is 5.32 Å². The number of nitrogens with zero attached hydrogens (tertiary/aromatic N) is 1. The zero-order valence-electron chi connectivity index (χ0n) is 12.2. The third-order valence-corrected chi connectivity index (χ3v) is 3.76. The molecule has 1 aliphatic heterocycles. The first-order valence-electron chi connectivity index (χ1n) is 7.07. The Bertz CT molecular complexity index is 725. The van der Waals surface area contributed by atoms with E-state index in [0.29, 0.717) is 5.56 Å². The van der Waals surface area contributed by atoms with Crippen molar-refractivity contribution in [2.24, 2.45) is 5.73 Å². The van der Waals surface area contributed by atoms with Crippen LogP contribution in [0.5, 0.6) is 0 Å². The van der Waals surface area contributed by atoms with Crippen molar-refractivity contribution in [1.29, 1.82) is 0 Å². The predicted octanol–water partition coefficient (Wildman–Crippen LogP) is 1.73. The maximum Gasteiger partial charge on any atom is 0.255 e. The van der Waals surface area contributed by atoms with Gasteiger partial charge in [0.05, 0.1) is 17.8 Å². The summed E-state index contributed by atoms with van der Waals surface area (Å²) in [6, 6.07) is 15.1. The Morgan fingerprint density at radius 2 is 1.86 bits per heavy atom. The van der Waals surface area contributed by atoms with Gasteiger partial charge in [-0.25, -0.2) is 0 Å². The maximum atomic E-state index is 12.3. The van der Waals surface area contributed by atoms with Crippen LogP contribution in [0.1, 0.15) is 27.7 Å². The number of hydrogen-bond acceptors (Lipinski definition) is 3. The Kier molecular flexibility index (Phi) is 3.55. The molecule has 1 aliphatic rings. The summed E-state index contributed by atoms with van der Waals surface area (Å²) >= 11 is 0. The summed E-state index contributed by atoms with van der Waals surface area (Å²) in [7, 11) is 0. The van der Waals surface area contributed by atoms with E-state index in [0.717, 1.165) is 16.8 Å². The minimum Gasteiger partial charge on any atom is -0.368 e. The predicted molar refractivity (Wildman–Crippen MR) is 84.4 cm³/mol. The molecule has 22 heavy (non-hydrogen) atoms. The van der Waals surface area contributed by atoms with Crippen molar-refractivity contribution >= 4 is 17.5 Å². The molecule has 0 saturated heterocycles. The fourth-order valence-electron chi connectivity index (χ4n) is 2.69. The number of nitrogens with two attached hydrogens (primary N) is 1. The van der Waals surface area contributed by atoms with E-state index in [1.54, 1.807) is 12.1 Å². The Morgan fingerprint density at radius 3 is 2.55 bits per heavy atom. The summed E-state index contributed by atoms with van der Waals surface area (Å²) in [5, 5.41) is 2.94. The third kappa shape index (κ3) is 2.53. The van der Waals surface area contributed by atoms with E-state index in [4.69, 9.17) is 5.73 Å². The molecule has 0 unspecified atom stereocenters. The van der Waals surface area contributed by atoms with Crippen molar-refractivity contribution in [3.8, 4) is 0 Å². The van der Waals surface area contributed by atoms with Gasteiger partial charge in [-0.15, -0.1) is 0 Å². The van der Waals surface area contributed by atoms with Crippen LogP contribution in [0.15, 0.2) is 48.5 Å². The molecular formula is C17H17N3O2. The van der Waals surface area contributed by atoms with Gasteiger partial charge in [0.15, 0.2) is 0 Å². The second kappa shape index (κ2) is 5.52. The van der Waals surface area contributed by atoms with E-state index < -0.39 is 12.1 Å². The molecule has 2 aromatic rings. The molecule has 0 spiro atoms. The first-order valence-corrected chi connectivity index (χ1v) is 7.07. The van der Waals surface area contributed by atoms with Crippen LogP contribution >= 0.6 is 0 Å². The molecule has 0 aromatic heterocycles. The van der Waals surface area contributed by atoms with Crippen LogP contribution in [-0.2, 0) is 4.79 Å². The van der Waals surface area contributed by atoms with Crippen LogP contribution in [-0.4, -0.2) is 18.4 Å². The first kappa shape index (κ1) is 14.1. The zero-order chi connectivity index (χ0) is 15.7. The monoisotopic (exact) mass is 295 g/mol. The lowest BCUT2D eigenvalue weighted by molar-refractivity contribution is -0.116. The Balaban J connectivity index is 2.07. The summed E-state index contributed by atoms with van der Waals surface area (Å²) in [4.78, 5) is 25.6. The summed E-state index contributed by atoms with van der Waals surface area (Å²) in [6.07, 6.45) is -0.407. The van der Waals surface area contributed by atoms with E-state index in [2.05, 4.69) is 5.32 Å². The van der Waals surface area contributed by atoms with Crippen LogP contribution in [0.2, 0.25) is 0 Å². The highest BCUT2D eigenvalue weighted by molar-refractivity contribution is 6.02. The first-order chi connectivity index (χ1) is 10.6. The molecule has 0 aliphatic carbocycles. The quantitative estimate of drug-likeness (QED) is 0.905. The summed E-state index contributed by atoms with van der Waals surface area (Å²) in [5.41, 5.74) is 8.70. The largest absolute Gasteiger partial charge is 0.368 e. The molecule has 1 heterocycles. The molecule has 0 radical (unpaired) electrons. The highest BCUT2D eigenvalue weighted by atomic mass is 16.2. The number of fused-ring (bicyclic) bond motifs is 1. The second-order valence-corrected chi connectivity index (χ2v) is 5.40. The molecule has 5 nitrogen and oxygen atoms in total. The van der Waals surface area contributed by atoms with E-state index in [1.165, 1.54) is 0 Å². The van der Waals surface area contributed by atoms with Gasteiger partial charge in [0.1, 0.15) is 6.17 Å². The smallest absolute Gasteiger partial charge is 0.255 e. The highest BCUT2D eigenvalue weighted by Crippen LogP contribution is 2.32. The fraction of sp³-hybridized carbons (Fsp3) is 0.176. The Labute approximate surface area is 128 Å². The van der Waals surface area contributed by atoms with E-state index in [9.17, 15) is 9.59 Å². The average Bonchev–Trinajstić information content (AvgIpc) is 2.51. The van der Waals surface area contributed by atoms with Crippen LogP contribution in [0.4, 0.5) is 5.69 Å². The van der Waals surface area contributed by atoms with Gasteiger partial charge in [-0.05, 0) is 24.6 Å². The van der Waals surface area contributed by atoms with Crippen LogP contribution in [0, 0.1) is 6.92 Å². The molecule has 0 bridgehead atoms. The summed E-state index contributed by atoms with van der Waals surface area (Å²) in [6.45, 7) is 2.04. The average molecular weight is 295 g/mol. The normalized spacial score (nSPS) is 16.9. The van der Waals surface area contributed by atoms with Crippen LogP contribution in [0.3, 0.4) is 0 Å². The summed E-state index contributed by atoms with van der Waals surface area (Å²) < 4.78 is 0. The number of nitrogens with one attached hydrogen (secondary N) is 1. The van der Waals surface area contributed by atoms with Crippen LogP contribution in [0.25, 0.3) is 0 Å². The number of benzene rings is 2. The lowest BCUT2D eigenvalue weighted by Gasteiger charge is -2.38. The molecule has 5 heteroatoms. The molecule has 0 fully saturated rings. The van der Waals surface area contributed by atoms with Gasteiger partial charge >= 0.3 is 0 Å². The van der Waals surface area contributed by atoms with Crippen molar-refractivity contribution in [2.45, 2.75) is 13.1 Å². The lowest BCUT2D eigenvalue weighted by Crippen LogP contribution is -2.49. The number of hydrogen-bond donors (Lipinski definition) is 2. The van der Waals surface area contributed by atoms with Crippen molar-refractivity contribution < 1.29 is 9.59 Å². The fourth-order valence-corrected chi connectivity index (χ4v) is 2.69. The lowest BCUT2D eigenvalue weighted by atomic mass is 10.0. The number of primary amides is 1. The topological polar surface area (TPSA) is 75.4 Å². The van der Waals surface area contributed by atoms with E-state index >= 15 is 0 Å². The SMILES string of the molecule is Cc1ccc([C@H]2NC(=O)c3ccccc3N2CC(N)=O)cc1. The number of para-hydroxylation sites is 1. The number of carbonyl (C=O) groups is 2. The number of aryl methyl sites for hydroxylation is 1. The number of amides is 2. The van der Waals surface area contributed by atoms with Gasteiger partial charge in [0, 0.05) is 0 Å². The number of anilines is 1. The highest BCUT2D eigenvalue weighted by Gasteiger charge is 2.32. The van der Waals surface area contributed by atoms with Crippen molar-refractivity contribution in [3.63, 3.8) is 0 Å². The Hall–Kier alpha value is -2.82. The standard InChI is InChI=1S/C17H17N3O2/c1-11-6-8-12(9-7-11)16-19-17(22)13-4-2-3-5-14(13)20(16)10-15(18)21/h2-9,16H,10H2,1H3,(H2,18,21)(H,19,22)/t16-/m0/s1. The summed E-state index contributed by atoms with van der Waals surface area (Å²) in [5.74, 6) is -0.593. The van der Waals surface area contributed by atoms with E-state index in [-0.39, 0.29) is 12.5 Å². The van der Waals surface area contributed by atoms with Gasteiger partial charge < -0.3 is 16.0 Å². The molecule has 2 amide bonds. The van der Waals surface area contributed by atoms with Crippen molar-refractivity contribution in [2.75, 3.05) is 11.4 Å². The minimum absolute atomic E-state index is 0.0375. The van der Waals surface area contributed by atoms with E-state index in [1.807, 2.05) is 48.2 Å². The van der Waals surface area contributed by atoms with Gasteiger partial charge in [0.25, 0.3) is 5.91 Å². The molecule has 1 atom stereocenters. The maximum absolute atomic E-state index is 12.3. The van der Waals surface area contributed by atoms with Gasteiger partial charge in [0.2, 0.25) is 5.91 Å². The molecule has 3 rings (SSSR count). The second-order valence-electron chi connectivity index (χ2n) is 5.40. The van der Waals surface area contributed by atoms with Gasteiger partial charge in [-0.1, -0.05) is 42.0 Å². The van der Waals surface area contributed by atoms with Gasteiger partial charge in [-0.2, -0.15) is 0 Å². The zero-order valence-corrected chi connectivity index (χ0v) is 12.2. The van der Waals surface area contributed by atoms with Crippen LogP contribution < -0.4 is 16.0 Å². The molecule has 112 valence electrons. The molecule has 2 aromatic carbocycles. The Morgan fingerprint density at radius 1 is 1.18 bits per heavy atom. The van der Waals surface area contributed by atoms with Crippen molar-refractivity contribution in [3.05, 3.63) is 65.2 Å². The number of rotatable bonds is 3. The minimum atomic E-state index is -0.442. The molecule has 3 N–H and O–H groups in total. The van der Waals surface area contributed by atoms with Gasteiger partial charge in [-0.3, -0.25) is 9.59 Å². The third-order valence-electron chi connectivity index (χ3n) is 3.76. The molecular weight excluding hydrogens is 278 g/mol. The number of carbonyl (C=O) groups excluding carboxylic acids is 2. The molecule has 0 saturated carbocycles.